The molecule has 102 valence electrons. The van der Waals surface area contributed by atoms with Gasteiger partial charge in [0.15, 0.2) is 5.84 Å². The van der Waals surface area contributed by atoms with E-state index in [0.717, 1.165) is 22.9 Å². The Hall–Kier alpha value is -1.56. The molecule has 1 atom stereocenters. The van der Waals surface area contributed by atoms with Crippen molar-refractivity contribution in [3.63, 3.8) is 0 Å². The number of nitrogens with zero attached hydrogens (tertiary/aromatic N) is 1. The van der Waals surface area contributed by atoms with E-state index in [1.165, 1.54) is 0 Å². The lowest BCUT2D eigenvalue weighted by Crippen LogP contribution is -2.46. The quantitative estimate of drug-likeness (QED) is 0.342. The second kappa shape index (κ2) is 5.61. The highest BCUT2D eigenvalue weighted by molar-refractivity contribution is 9.10. The number of benzene rings is 1. The number of carbonyl (C=O) groups is 1. The van der Waals surface area contributed by atoms with Crippen LogP contribution >= 0.6 is 15.9 Å². The van der Waals surface area contributed by atoms with Gasteiger partial charge in [0, 0.05) is 10.0 Å². The molecule has 2 rings (SSSR count). The average Bonchev–Trinajstić information content (AvgIpc) is 3.22. The fourth-order valence-corrected chi connectivity index (χ4v) is 2.36. The van der Waals surface area contributed by atoms with Crippen LogP contribution in [-0.4, -0.2) is 23.0 Å². The first-order valence-electron chi connectivity index (χ1n) is 6.08. The number of amides is 1. The predicted octanol–water partition coefficient (Wildman–Crippen LogP) is 2.01. The Labute approximate surface area is 120 Å². The molecule has 19 heavy (non-hydrogen) atoms. The van der Waals surface area contributed by atoms with Crippen LogP contribution in [0.1, 0.15) is 28.8 Å². The van der Waals surface area contributed by atoms with Crippen LogP contribution in [0.5, 0.6) is 0 Å². The molecule has 0 aliphatic heterocycles. The Morgan fingerprint density at radius 3 is 2.84 bits per heavy atom. The van der Waals surface area contributed by atoms with Crippen molar-refractivity contribution in [1.82, 2.24) is 5.32 Å². The molecule has 4 N–H and O–H groups in total. The Balaban J connectivity index is 2.17. The van der Waals surface area contributed by atoms with Crippen molar-refractivity contribution in [3.05, 3.63) is 33.8 Å². The molecule has 1 aliphatic rings. The topological polar surface area (TPSA) is 87.7 Å². The van der Waals surface area contributed by atoms with E-state index in [-0.39, 0.29) is 17.7 Å². The smallest absolute Gasteiger partial charge is 0.252 e. The number of carbonyl (C=O) groups excluding carboxylic acids is 1. The number of hydrogen-bond donors (Lipinski definition) is 3. The van der Waals surface area contributed by atoms with Gasteiger partial charge in [-0.15, -0.1) is 0 Å². The number of rotatable bonds is 4. The van der Waals surface area contributed by atoms with Gasteiger partial charge >= 0.3 is 0 Å². The van der Waals surface area contributed by atoms with Crippen LogP contribution in [0.2, 0.25) is 0 Å². The van der Waals surface area contributed by atoms with Crippen LogP contribution in [0.3, 0.4) is 0 Å². The molecule has 0 bridgehead atoms. The Bertz CT molecular complexity index is 527. The zero-order valence-corrected chi connectivity index (χ0v) is 12.1. The van der Waals surface area contributed by atoms with Crippen molar-refractivity contribution in [3.8, 4) is 0 Å². The zero-order valence-electron chi connectivity index (χ0n) is 10.6. The van der Waals surface area contributed by atoms with Gasteiger partial charge < -0.3 is 16.3 Å². The molecule has 1 aromatic carbocycles. The van der Waals surface area contributed by atoms with Gasteiger partial charge in [0.2, 0.25) is 0 Å². The third kappa shape index (κ3) is 3.07. The summed E-state index contributed by atoms with van der Waals surface area (Å²) in [4.78, 5) is 12.3. The molecule has 1 aliphatic carbocycles. The highest BCUT2D eigenvalue weighted by Crippen LogP contribution is 2.33. The molecule has 1 unspecified atom stereocenters. The number of oxime groups is 1. The molecule has 0 aromatic heterocycles. The molecule has 0 radical (unpaired) electrons. The summed E-state index contributed by atoms with van der Waals surface area (Å²) < 4.78 is 0.881. The summed E-state index contributed by atoms with van der Waals surface area (Å²) in [6.07, 6.45) is 1.97. The van der Waals surface area contributed by atoms with E-state index in [9.17, 15) is 4.79 Å². The standard InChI is InChI=1S/C13H16BrN3O2/c1-7-9(3-2-4-10(7)14)13(18)16-11(8-5-6-8)12(15)17-19/h2-4,8,11,19H,5-6H2,1H3,(H2,15,17)(H,16,18). The minimum absolute atomic E-state index is 0.0588. The second-order valence-corrected chi connectivity index (χ2v) is 5.58. The lowest BCUT2D eigenvalue weighted by molar-refractivity contribution is 0.0942. The zero-order chi connectivity index (χ0) is 14.0. The Morgan fingerprint density at radius 2 is 2.26 bits per heavy atom. The number of halogens is 1. The molecular weight excluding hydrogens is 310 g/mol. The second-order valence-electron chi connectivity index (χ2n) is 4.73. The monoisotopic (exact) mass is 325 g/mol. The maximum atomic E-state index is 12.3. The summed E-state index contributed by atoms with van der Waals surface area (Å²) in [6, 6.07) is 5.05. The maximum Gasteiger partial charge on any atom is 0.252 e. The molecular formula is C13H16BrN3O2. The number of hydrogen-bond acceptors (Lipinski definition) is 3. The summed E-state index contributed by atoms with van der Waals surface area (Å²) in [5, 5.41) is 14.6. The molecule has 0 heterocycles. The van der Waals surface area contributed by atoms with Crippen molar-refractivity contribution >= 4 is 27.7 Å². The number of nitrogens with two attached hydrogens (primary N) is 1. The van der Waals surface area contributed by atoms with Crippen LogP contribution in [0, 0.1) is 12.8 Å². The van der Waals surface area contributed by atoms with Crippen molar-refractivity contribution in [2.75, 3.05) is 0 Å². The lowest BCUT2D eigenvalue weighted by Gasteiger charge is -2.17. The molecule has 1 amide bonds. The SMILES string of the molecule is Cc1c(Br)cccc1C(=O)NC(C(N)=NO)C1CC1. The Morgan fingerprint density at radius 1 is 1.58 bits per heavy atom. The molecule has 1 fully saturated rings. The number of amidine groups is 1. The van der Waals surface area contributed by atoms with Gasteiger partial charge in [-0.3, -0.25) is 4.79 Å². The van der Waals surface area contributed by atoms with Gasteiger partial charge in [0.05, 0.1) is 6.04 Å². The van der Waals surface area contributed by atoms with Crippen LogP contribution in [0.25, 0.3) is 0 Å². The molecule has 6 heteroatoms. The average molecular weight is 326 g/mol. The van der Waals surface area contributed by atoms with E-state index in [0.29, 0.717) is 5.56 Å². The first-order valence-corrected chi connectivity index (χ1v) is 6.87. The molecule has 1 aromatic rings. The van der Waals surface area contributed by atoms with Crippen LogP contribution in [0.15, 0.2) is 27.8 Å². The van der Waals surface area contributed by atoms with E-state index >= 15 is 0 Å². The maximum absolute atomic E-state index is 12.3. The van der Waals surface area contributed by atoms with E-state index in [4.69, 9.17) is 10.9 Å². The largest absolute Gasteiger partial charge is 0.409 e. The van der Waals surface area contributed by atoms with Crippen LogP contribution in [0.4, 0.5) is 0 Å². The Kier molecular flexibility index (Phi) is 4.09. The fraction of sp³-hybridized carbons (Fsp3) is 0.385. The van der Waals surface area contributed by atoms with Crippen LogP contribution in [-0.2, 0) is 0 Å². The summed E-state index contributed by atoms with van der Waals surface area (Å²) in [5.41, 5.74) is 7.09. The van der Waals surface area contributed by atoms with Gasteiger partial charge in [0.1, 0.15) is 0 Å². The first kappa shape index (κ1) is 13.9. The fourth-order valence-electron chi connectivity index (χ4n) is 2.00. The van der Waals surface area contributed by atoms with Gasteiger partial charge in [-0.25, -0.2) is 0 Å². The normalized spacial score (nSPS) is 17.1. The number of nitrogens with one attached hydrogen (secondary N) is 1. The third-order valence-corrected chi connectivity index (χ3v) is 4.19. The van der Waals surface area contributed by atoms with Crippen LogP contribution < -0.4 is 11.1 Å². The molecule has 1 saturated carbocycles. The van der Waals surface area contributed by atoms with Crippen molar-refractivity contribution < 1.29 is 10.0 Å². The highest BCUT2D eigenvalue weighted by Gasteiger charge is 2.35. The van der Waals surface area contributed by atoms with E-state index in [1.807, 2.05) is 19.1 Å². The van der Waals surface area contributed by atoms with Crippen molar-refractivity contribution in [2.24, 2.45) is 16.8 Å². The lowest BCUT2D eigenvalue weighted by atomic mass is 10.1. The summed E-state index contributed by atoms with van der Waals surface area (Å²) in [5.74, 6) is 0.123. The van der Waals surface area contributed by atoms with Crippen molar-refractivity contribution in [2.45, 2.75) is 25.8 Å². The molecule has 5 nitrogen and oxygen atoms in total. The molecule has 0 spiro atoms. The highest BCUT2D eigenvalue weighted by atomic mass is 79.9. The van der Waals surface area contributed by atoms with Gasteiger partial charge in [-0.2, -0.15) is 0 Å². The minimum atomic E-state index is -0.393. The van der Waals surface area contributed by atoms with Gasteiger partial charge in [-0.05, 0) is 43.4 Å². The van der Waals surface area contributed by atoms with E-state index in [2.05, 4.69) is 26.4 Å². The summed E-state index contributed by atoms with van der Waals surface area (Å²) in [6.45, 7) is 1.87. The molecule has 0 saturated heterocycles. The van der Waals surface area contributed by atoms with E-state index in [1.54, 1.807) is 6.07 Å². The predicted molar refractivity (Wildman–Crippen MR) is 76.3 cm³/mol. The van der Waals surface area contributed by atoms with E-state index < -0.39 is 6.04 Å². The summed E-state index contributed by atoms with van der Waals surface area (Å²) in [7, 11) is 0. The minimum Gasteiger partial charge on any atom is -0.409 e. The third-order valence-electron chi connectivity index (χ3n) is 3.33. The van der Waals surface area contributed by atoms with Gasteiger partial charge in [-0.1, -0.05) is 27.2 Å². The van der Waals surface area contributed by atoms with Gasteiger partial charge in [0.25, 0.3) is 5.91 Å². The first-order chi connectivity index (χ1) is 9.04. The van der Waals surface area contributed by atoms with Crippen molar-refractivity contribution in [1.29, 1.82) is 0 Å². The summed E-state index contributed by atoms with van der Waals surface area (Å²) >= 11 is 3.40.